The number of nitrogens with zero attached hydrogens (tertiary/aromatic N) is 3. The third-order valence-electron chi connectivity index (χ3n) is 5.47. The van der Waals surface area contributed by atoms with Crippen LogP contribution in [0.3, 0.4) is 0 Å². The Kier molecular flexibility index (Phi) is 4.88. The molecule has 5 rings (SSSR count). The Labute approximate surface area is 183 Å². The van der Waals surface area contributed by atoms with Gasteiger partial charge in [-0.25, -0.2) is 9.97 Å². The first kappa shape index (κ1) is 19.3. The van der Waals surface area contributed by atoms with E-state index in [0.29, 0.717) is 5.56 Å². The molecule has 0 aliphatic heterocycles. The number of imidazole rings is 1. The number of hydrogen-bond acceptors (Lipinski definition) is 4. The molecule has 6 nitrogen and oxygen atoms in total. The number of nitrogens with one attached hydrogen (secondary N) is 2. The molecule has 0 aliphatic carbocycles. The Bertz CT molecular complexity index is 1350. The van der Waals surface area contributed by atoms with Gasteiger partial charge in [-0.05, 0) is 43.2 Å². The first-order valence-corrected chi connectivity index (χ1v) is 10.9. The summed E-state index contributed by atoms with van der Waals surface area (Å²) in [5, 5.41) is 6.04. The number of hydrogen-bond donors (Lipinski definition) is 2. The average molecular weight is 428 g/mol. The van der Waals surface area contributed by atoms with Crippen molar-refractivity contribution in [2.45, 2.75) is 19.9 Å². The van der Waals surface area contributed by atoms with Crippen molar-refractivity contribution in [2.75, 3.05) is 0 Å². The number of rotatable bonds is 5. The first-order chi connectivity index (χ1) is 15.1. The summed E-state index contributed by atoms with van der Waals surface area (Å²) < 4.78 is 2.02. The van der Waals surface area contributed by atoms with Crippen molar-refractivity contribution in [3.63, 3.8) is 0 Å². The molecule has 3 aromatic heterocycles. The molecule has 0 spiro atoms. The van der Waals surface area contributed by atoms with E-state index in [-0.39, 0.29) is 11.9 Å². The lowest BCUT2D eigenvalue weighted by molar-refractivity contribution is 0.0942. The Hall–Kier alpha value is -3.71. The minimum absolute atomic E-state index is 0.116. The molecular formula is C24H21N5OS. The maximum atomic E-state index is 13.4. The van der Waals surface area contributed by atoms with Crippen molar-refractivity contribution >= 4 is 28.3 Å². The normalized spacial score (nSPS) is 12.2. The number of thiazole rings is 1. The molecule has 0 radical (unpaired) electrons. The van der Waals surface area contributed by atoms with Gasteiger partial charge in [-0.15, -0.1) is 11.3 Å². The molecule has 154 valence electrons. The molecule has 0 saturated heterocycles. The Balaban J connectivity index is 1.53. The van der Waals surface area contributed by atoms with Gasteiger partial charge in [-0.1, -0.05) is 36.4 Å². The zero-order valence-electron chi connectivity index (χ0n) is 17.2. The van der Waals surface area contributed by atoms with Crippen LogP contribution in [0.25, 0.3) is 16.2 Å². The molecule has 0 fully saturated rings. The van der Waals surface area contributed by atoms with Crippen LogP contribution in [0.15, 0.2) is 72.5 Å². The monoisotopic (exact) mass is 427 g/mol. The molecule has 1 amide bonds. The second-order valence-electron chi connectivity index (χ2n) is 7.43. The lowest BCUT2D eigenvalue weighted by Crippen LogP contribution is -2.29. The van der Waals surface area contributed by atoms with Gasteiger partial charge in [0.05, 0.1) is 29.0 Å². The molecule has 1 atom stereocenters. The molecular weight excluding hydrogens is 406 g/mol. The van der Waals surface area contributed by atoms with Crippen LogP contribution in [0.1, 0.15) is 38.9 Å². The maximum absolute atomic E-state index is 13.4. The van der Waals surface area contributed by atoms with E-state index in [2.05, 4.69) is 20.3 Å². The highest BCUT2D eigenvalue weighted by atomic mass is 32.1. The molecule has 0 bridgehead atoms. The molecule has 31 heavy (non-hydrogen) atoms. The zero-order chi connectivity index (χ0) is 21.4. The molecule has 3 heterocycles. The summed E-state index contributed by atoms with van der Waals surface area (Å²) in [6.45, 7) is 3.95. The van der Waals surface area contributed by atoms with Crippen molar-refractivity contribution in [3.05, 3.63) is 101 Å². The van der Waals surface area contributed by atoms with E-state index in [1.807, 2.05) is 78.4 Å². The van der Waals surface area contributed by atoms with Crippen molar-refractivity contribution in [1.29, 1.82) is 0 Å². The Morgan fingerprint density at radius 3 is 2.68 bits per heavy atom. The molecule has 2 N–H and O–H groups in total. The van der Waals surface area contributed by atoms with Crippen LogP contribution in [-0.4, -0.2) is 25.4 Å². The lowest BCUT2D eigenvalue weighted by Gasteiger charge is -2.20. The number of aryl methyl sites for hydroxylation is 1. The van der Waals surface area contributed by atoms with Crippen molar-refractivity contribution in [3.8, 4) is 5.13 Å². The lowest BCUT2D eigenvalue weighted by atomic mass is 9.97. The van der Waals surface area contributed by atoms with Crippen molar-refractivity contribution in [1.82, 2.24) is 24.8 Å². The third kappa shape index (κ3) is 3.53. The second kappa shape index (κ2) is 7.85. The molecule has 5 aromatic rings. The fourth-order valence-electron chi connectivity index (χ4n) is 3.96. The van der Waals surface area contributed by atoms with Gasteiger partial charge in [0.2, 0.25) is 0 Å². The van der Waals surface area contributed by atoms with E-state index in [1.54, 1.807) is 23.9 Å². The standard InChI is InChI=1S/C24H21N5OS/c1-15-12-19(16(2)29(15)24-25-10-11-31-24)23(30)28-22(17-6-4-3-5-7-17)18-8-9-20-21(13-18)27-14-26-20/h3-14,22H,1-2H3,(H,26,27)(H,28,30). The van der Waals surface area contributed by atoms with Crippen LogP contribution in [0.5, 0.6) is 0 Å². The fraction of sp³-hybridized carbons (Fsp3) is 0.125. The number of carbonyl (C=O) groups excluding carboxylic acids is 1. The second-order valence-corrected chi connectivity index (χ2v) is 8.30. The van der Waals surface area contributed by atoms with E-state index in [1.165, 1.54) is 0 Å². The van der Waals surface area contributed by atoms with Gasteiger partial charge in [0.25, 0.3) is 5.91 Å². The van der Waals surface area contributed by atoms with Crippen LogP contribution in [0.4, 0.5) is 0 Å². The molecule has 2 aromatic carbocycles. The van der Waals surface area contributed by atoms with Crippen LogP contribution >= 0.6 is 11.3 Å². The quantitative estimate of drug-likeness (QED) is 0.417. The van der Waals surface area contributed by atoms with Gasteiger partial charge < -0.3 is 10.3 Å². The van der Waals surface area contributed by atoms with E-state index in [9.17, 15) is 4.79 Å². The summed E-state index contributed by atoms with van der Waals surface area (Å²) >= 11 is 1.55. The maximum Gasteiger partial charge on any atom is 0.253 e. The number of carbonyl (C=O) groups is 1. The van der Waals surface area contributed by atoms with E-state index < -0.39 is 0 Å². The van der Waals surface area contributed by atoms with Crippen LogP contribution in [0, 0.1) is 13.8 Å². The van der Waals surface area contributed by atoms with E-state index in [0.717, 1.165) is 38.7 Å². The molecule has 7 heteroatoms. The fourth-order valence-corrected chi connectivity index (χ4v) is 4.71. The van der Waals surface area contributed by atoms with E-state index >= 15 is 0 Å². The third-order valence-corrected chi connectivity index (χ3v) is 6.23. The largest absolute Gasteiger partial charge is 0.345 e. The van der Waals surface area contributed by atoms with Gasteiger partial charge >= 0.3 is 0 Å². The van der Waals surface area contributed by atoms with Crippen LogP contribution < -0.4 is 5.32 Å². The number of fused-ring (bicyclic) bond motifs is 1. The summed E-state index contributed by atoms with van der Waals surface area (Å²) in [6.07, 6.45) is 3.45. The summed E-state index contributed by atoms with van der Waals surface area (Å²) in [6, 6.07) is 17.7. The number of aromatic nitrogens is 4. The number of benzene rings is 2. The Morgan fingerprint density at radius 1 is 1.06 bits per heavy atom. The van der Waals surface area contributed by atoms with Gasteiger partial charge in [-0.3, -0.25) is 9.36 Å². The van der Waals surface area contributed by atoms with Gasteiger partial charge in [0.15, 0.2) is 5.13 Å². The van der Waals surface area contributed by atoms with Gasteiger partial charge in [-0.2, -0.15) is 0 Å². The van der Waals surface area contributed by atoms with E-state index in [4.69, 9.17) is 0 Å². The number of amides is 1. The number of H-pyrrole nitrogens is 1. The topological polar surface area (TPSA) is 75.6 Å². The minimum Gasteiger partial charge on any atom is -0.345 e. The minimum atomic E-state index is -0.288. The summed E-state index contributed by atoms with van der Waals surface area (Å²) in [5.74, 6) is -0.116. The Morgan fingerprint density at radius 2 is 1.90 bits per heavy atom. The predicted molar refractivity (Wildman–Crippen MR) is 123 cm³/mol. The van der Waals surface area contributed by atoms with Crippen molar-refractivity contribution in [2.24, 2.45) is 0 Å². The zero-order valence-corrected chi connectivity index (χ0v) is 18.0. The SMILES string of the molecule is Cc1cc(C(=O)NC(c2ccccc2)c2ccc3nc[nH]c3c2)c(C)n1-c1nccs1. The number of aromatic amines is 1. The highest BCUT2D eigenvalue weighted by Gasteiger charge is 2.22. The highest BCUT2D eigenvalue weighted by Crippen LogP contribution is 2.27. The average Bonchev–Trinajstić information content (AvgIpc) is 3.52. The van der Waals surface area contributed by atoms with Gasteiger partial charge in [0.1, 0.15) is 0 Å². The summed E-state index contributed by atoms with van der Waals surface area (Å²) in [5.41, 5.74) is 6.35. The van der Waals surface area contributed by atoms with Crippen LogP contribution in [0.2, 0.25) is 0 Å². The van der Waals surface area contributed by atoms with Crippen LogP contribution in [-0.2, 0) is 0 Å². The molecule has 0 aliphatic rings. The summed E-state index contributed by atoms with van der Waals surface area (Å²) in [4.78, 5) is 25.3. The first-order valence-electron chi connectivity index (χ1n) is 9.99. The van der Waals surface area contributed by atoms with Crippen molar-refractivity contribution < 1.29 is 4.79 Å². The molecule has 0 saturated carbocycles. The van der Waals surface area contributed by atoms with Gasteiger partial charge in [0, 0.05) is 23.0 Å². The highest BCUT2D eigenvalue weighted by molar-refractivity contribution is 7.12. The smallest absolute Gasteiger partial charge is 0.253 e. The summed E-state index contributed by atoms with van der Waals surface area (Å²) in [7, 11) is 0. The predicted octanol–water partition coefficient (Wildman–Crippen LogP) is 4.95. The molecule has 1 unspecified atom stereocenters.